The van der Waals surface area contributed by atoms with Gasteiger partial charge in [0.05, 0.1) is 12.0 Å². The summed E-state index contributed by atoms with van der Waals surface area (Å²) in [5.74, 6) is 0.159. The quantitative estimate of drug-likeness (QED) is 0.889. The zero-order chi connectivity index (χ0) is 16.2. The number of aryl methyl sites for hydroxylation is 1. The number of hydrogen-bond donors (Lipinski definition) is 1. The Morgan fingerprint density at radius 3 is 2.71 bits per heavy atom. The van der Waals surface area contributed by atoms with Gasteiger partial charge in [0.2, 0.25) is 5.91 Å². The topological polar surface area (TPSA) is 32.3 Å². The number of nitrogens with zero attached hydrogens (tertiary/aromatic N) is 1. The number of halogens is 1. The standard InChI is InChI=1S/C19H24N2OS.ClH/c1-3-15-4-6-16(7-5-15)18-12-20-9-10-21(18)19(22)14(2)17-8-11-23-13-17;/h4-8,11,13-14,18,20H,3,9-10,12H2,1-2H3;1H. The lowest BCUT2D eigenvalue weighted by Crippen LogP contribution is -2.49. The molecule has 0 bridgehead atoms. The van der Waals surface area contributed by atoms with E-state index in [1.54, 1.807) is 11.3 Å². The molecular weight excluding hydrogens is 340 g/mol. The van der Waals surface area contributed by atoms with E-state index in [1.807, 2.05) is 12.3 Å². The number of carbonyl (C=O) groups is 1. The Balaban J connectivity index is 0.00000208. The van der Waals surface area contributed by atoms with Crippen molar-refractivity contribution in [2.45, 2.75) is 32.2 Å². The molecule has 1 fully saturated rings. The van der Waals surface area contributed by atoms with Crippen LogP contribution in [0.15, 0.2) is 41.1 Å². The van der Waals surface area contributed by atoms with E-state index < -0.39 is 0 Å². The van der Waals surface area contributed by atoms with Crippen molar-refractivity contribution in [2.75, 3.05) is 19.6 Å². The summed E-state index contributed by atoms with van der Waals surface area (Å²) in [6.07, 6.45) is 1.04. The van der Waals surface area contributed by atoms with E-state index in [4.69, 9.17) is 0 Å². The highest BCUT2D eigenvalue weighted by Gasteiger charge is 2.31. The number of amides is 1. The second kappa shape index (κ2) is 8.65. The molecule has 1 N–H and O–H groups in total. The van der Waals surface area contributed by atoms with Crippen LogP contribution in [0.2, 0.25) is 0 Å². The monoisotopic (exact) mass is 364 g/mol. The smallest absolute Gasteiger partial charge is 0.230 e. The number of benzene rings is 1. The van der Waals surface area contributed by atoms with Crippen LogP contribution in [-0.4, -0.2) is 30.4 Å². The first-order valence-electron chi connectivity index (χ1n) is 8.33. The molecule has 130 valence electrons. The van der Waals surface area contributed by atoms with Crippen LogP contribution in [0.1, 0.15) is 42.5 Å². The zero-order valence-corrected chi connectivity index (χ0v) is 15.8. The molecular formula is C19H25ClN2OS. The predicted molar refractivity (Wildman–Crippen MR) is 103 cm³/mol. The van der Waals surface area contributed by atoms with Crippen molar-refractivity contribution in [1.82, 2.24) is 10.2 Å². The summed E-state index contributed by atoms with van der Waals surface area (Å²) in [7, 11) is 0. The Bertz CT molecular complexity index is 642. The van der Waals surface area contributed by atoms with Gasteiger partial charge in [0.15, 0.2) is 0 Å². The van der Waals surface area contributed by atoms with Gasteiger partial charge in [0, 0.05) is 19.6 Å². The van der Waals surface area contributed by atoms with Gasteiger partial charge in [-0.1, -0.05) is 31.2 Å². The molecule has 1 amide bonds. The number of nitrogens with one attached hydrogen (secondary N) is 1. The summed E-state index contributed by atoms with van der Waals surface area (Å²) in [6.45, 7) is 6.64. The van der Waals surface area contributed by atoms with Gasteiger partial charge in [-0.2, -0.15) is 11.3 Å². The van der Waals surface area contributed by atoms with Crippen LogP contribution in [-0.2, 0) is 11.2 Å². The van der Waals surface area contributed by atoms with E-state index >= 15 is 0 Å². The lowest BCUT2D eigenvalue weighted by Gasteiger charge is -2.38. The highest BCUT2D eigenvalue weighted by atomic mass is 35.5. The fraction of sp³-hybridized carbons (Fsp3) is 0.421. The number of carbonyl (C=O) groups excluding carboxylic acids is 1. The summed E-state index contributed by atoms with van der Waals surface area (Å²) in [4.78, 5) is 15.1. The van der Waals surface area contributed by atoms with Crippen LogP contribution in [0, 0.1) is 0 Å². The molecule has 1 saturated heterocycles. The Labute approximate surface area is 154 Å². The van der Waals surface area contributed by atoms with Crippen molar-refractivity contribution < 1.29 is 4.79 Å². The molecule has 3 rings (SSSR count). The average molecular weight is 365 g/mol. The van der Waals surface area contributed by atoms with E-state index in [1.165, 1.54) is 11.1 Å². The van der Waals surface area contributed by atoms with Crippen LogP contribution in [0.3, 0.4) is 0 Å². The normalized spacial score (nSPS) is 18.8. The van der Waals surface area contributed by atoms with E-state index in [0.29, 0.717) is 0 Å². The maximum atomic E-state index is 13.0. The Kier molecular flexibility index (Phi) is 6.84. The van der Waals surface area contributed by atoms with Crippen molar-refractivity contribution in [3.05, 3.63) is 57.8 Å². The molecule has 0 spiro atoms. The summed E-state index contributed by atoms with van der Waals surface area (Å²) >= 11 is 1.65. The van der Waals surface area contributed by atoms with Gasteiger partial charge >= 0.3 is 0 Å². The lowest BCUT2D eigenvalue weighted by molar-refractivity contribution is -0.135. The zero-order valence-electron chi connectivity index (χ0n) is 14.2. The van der Waals surface area contributed by atoms with Crippen molar-refractivity contribution >= 4 is 29.7 Å². The number of hydrogen-bond acceptors (Lipinski definition) is 3. The van der Waals surface area contributed by atoms with Crippen molar-refractivity contribution in [2.24, 2.45) is 0 Å². The molecule has 3 nitrogen and oxygen atoms in total. The number of thiophene rings is 1. The molecule has 0 aliphatic carbocycles. The summed E-state index contributed by atoms with van der Waals surface area (Å²) in [5, 5.41) is 7.55. The molecule has 2 heterocycles. The average Bonchev–Trinajstić information content (AvgIpc) is 3.15. The first kappa shape index (κ1) is 19.0. The van der Waals surface area contributed by atoms with Gasteiger partial charge in [-0.15, -0.1) is 12.4 Å². The highest BCUT2D eigenvalue weighted by molar-refractivity contribution is 7.08. The maximum Gasteiger partial charge on any atom is 0.230 e. The van der Waals surface area contributed by atoms with Crippen LogP contribution >= 0.6 is 23.7 Å². The van der Waals surface area contributed by atoms with Crippen molar-refractivity contribution in [3.8, 4) is 0 Å². The molecule has 5 heteroatoms. The molecule has 1 aromatic carbocycles. The summed E-state index contributed by atoms with van der Waals surface area (Å²) in [5.41, 5.74) is 3.68. The number of rotatable bonds is 4. The highest BCUT2D eigenvalue weighted by Crippen LogP contribution is 2.28. The summed E-state index contributed by atoms with van der Waals surface area (Å²) in [6, 6.07) is 10.9. The molecule has 1 aliphatic rings. The summed E-state index contributed by atoms with van der Waals surface area (Å²) < 4.78 is 0. The molecule has 0 saturated carbocycles. The predicted octanol–water partition coefficient (Wildman–Crippen LogP) is 4.01. The molecule has 1 aliphatic heterocycles. The van der Waals surface area contributed by atoms with Gasteiger partial charge in [0.1, 0.15) is 0 Å². The first-order valence-corrected chi connectivity index (χ1v) is 9.27. The first-order chi connectivity index (χ1) is 11.2. The minimum absolute atomic E-state index is 0. The molecule has 24 heavy (non-hydrogen) atoms. The van der Waals surface area contributed by atoms with Gasteiger partial charge in [-0.25, -0.2) is 0 Å². The molecule has 0 radical (unpaired) electrons. The van der Waals surface area contributed by atoms with E-state index in [0.717, 1.165) is 31.6 Å². The minimum Gasteiger partial charge on any atom is -0.333 e. The third-order valence-electron chi connectivity index (χ3n) is 4.71. The molecule has 1 aromatic heterocycles. The van der Waals surface area contributed by atoms with E-state index in [9.17, 15) is 4.79 Å². The molecule has 2 aromatic rings. The maximum absolute atomic E-state index is 13.0. The fourth-order valence-electron chi connectivity index (χ4n) is 3.15. The third-order valence-corrected chi connectivity index (χ3v) is 5.41. The Morgan fingerprint density at radius 1 is 1.33 bits per heavy atom. The minimum atomic E-state index is -0.0724. The van der Waals surface area contributed by atoms with E-state index in [2.05, 4.69) is 52.9 Å². The van der Waals surface area contributed by atoms with E-state index in [-0.39, 0.29) is 30.3 Å². The van der Waals surface area contributed by atoms with Crippen LogP contribution < -0.4 is 5.32 Å². The second-order valence-electron chi connectivity index (χ2n) is 6.13. The van der Waals surface area contributed by atoms with Gasteiger partial charge in [-0.05, 0) is 46.9 Å². The van der Waals surface area contributed by atoms with Crippen molar-refractivity contribution in [1.29, 1.82) is 0 Å². The Morgan fingerprint density at radius 2 is 2.08 bits per heavy atom. The molecule has 2 atom stereocenters. The largest absolute Gasteiger partial charge is 0.333 e. The third kappa shape index (κ3) is 4.00. The van der Waals surface area contributed by atoms with Gasteiger partial charge in [-0.3, -0.25) is 4.79 Å². The van der Waals surface area contributed by atoms with Gasteiger partial charge in [0.25, 0.3) is 0 Å². The molecule has 2 unspecified atom stereocenters. The SMILES string of the molecule is CCc1ccc(C2CNCCN2C(=O)C(C)c2ccsc2)cc1.Cl. The lowest BCUT2D eigenvalue weighted by atomic mass is 9.97. The second-order valence-corrected chi connectivity index (χ2v) is 6.91. The van der Waals surface area contributed by atoms with Crippen LogP contribution in [0.25, 0.3) is 0 Å². The van der Waals surface area contributed by atoms with Gasteiger partial charge < -0.3 is 10.2 Å². The van der Waals surface area contributed by atoms with Crippen molar-refractivity contribution in [3.63, 3.8) is 0 Å². The Hall–Kier alpha value is -1.36. The van der Waals surface area contributed by atoms with Crippen LogP contribution in [0.5, 0.6) is 0 Å². The van der Waals surface area contributed by atoms with Crippen LogP contribution in [0.4, 0.5) is 0 Å². The fourth-order valence-corrected chi connectivity index (χ4v) is 3.91. The number of piperazine rings is 1.